The molecule has 36 heavy (non-hydrogen) atoms. The van der Waals surface area contributed by atoms with Gasteiger partial charge in [-0.15, -0.1) is 0 Å². The van der Waals surface area contributed by atoms with Crippen LogP contribution in [-0.4, -0.2) is 65.3 Å². The molecule has 0 bridgehead atoms. The van der Waals surface area contributed by atoms with E-state index in [1.165, 1.54) is 12.1 Å². The predicted molar refractivity (Wildman–Crippen MR) is 122 cm³/mol. The molecule has 9 nitrogen and oxygen atoms in total. The van der Waals surface area contributed by atoms with Crippen molar-refractivity contribution in [1.82, 2.24) is 9.80 Å². The molecule has 188 valence electrons. The zero-order chi connectivity index (χ0) is 26.3. The van der Waals surface area contributed by atoms with Crippen LogP contribution in [0.15, 0.2) is 60.7 Å². The smallest absolute Gasteiger partial charge is 0.326 e. The lowest BCUT2D eigenvalue weighted by molar-refractivity contribution is -0.166. The molecule has 0 aromatic heterocycles. The molecule has 1 aliphatic rings. The zero-order valence-corrected chi connectivity index (χ0v) is 18.9. The lowest BCUT2D eigenvalue weighted by Gasteiger charge is -2.26. The summed E-state index contributed by atoms with van der Waals surface area (Å²) in [5.74, 6) is -5.14. The number of halogens is 3. The summed E-state index contributed by atoms with van der Waals surface area (Å²) in [5.41, 5.74) is 0.692. The van der Waals surface area contributed by atoms with Gasteiger partial charge in [0.2, 0.25) is 11.8 Å². The van der Waals surface area contributed by atoms with Gasteiger partial charge in [-0.2, -0.15) is 18.4 Å². The van der Waals surface area contributed by atoms with Crippen molar-refractivity contribution in [2.75, 3.05) is 30.3 Å². The number of hydrogen-bond acceptors (Lipinski definition) is 5. The maximum atomic E-state index is 13.1. The van der Waals surface area contributed by atoms with Crippen LogP contribution < -0.4 is 10.6 Å². The van der Waals surface area contributed by atoms with Crippen LogP contribution in [0.25, 0.3) is 0 Å². The van der Waals surface area contributed by atoms with Crippen LogP contribution >= 0.6 is 0 Å². The van der Waals surface area contributed by atoms with Crippen molar-refractivity contribution in [2.24, 2.45) is 5.92 Å². The van der Waals surface area contributed by atoms with Gasteiger partial charge in [-0.1, -0.05) is 36.4 Å². The molecular formula is C24H22F3N5O4. The number of amides is 4. The van der Waals surface area contributed by atoms with Gasteiger partial charge in [-0.25, -0.2) is 0 Å². The molecule has 2 atom stereocenters. The number of carbonyl (C=O) groups excluding carboxylic acids is 4. The second-order valence-electron chi connectivity index (χ2n) is 8.08. The standard InChI is InChI=1S/C24H22F3N5O4/c25-24(26,27)15-31(23(36)22(35)30-18-9-5-2-6-10-18)14-20(33)32-13-16(11-19(32)12-28)21(34)29-17-7-3-1-4-8-17/h1-10,16,19H,11,13-15H2,(H,29,34)(H,30,35). The van der Waals surface area contributed by atoms with E-state index in [1.807, 2.05) is 6.07 Å². The quantitative estimate of drug-likeness (QED) is 0.589. The Morgan fingerprint density at radius 2 is 1.53 bits per heavy atom. The van der Waals surface area contributed by atoms with Crippen LogP contribution in [0.1, 0.15) is 6.42 Å². The number of nitriles is 1. The molecule has 2 unspecified atom stereocenters. The van der Waals surface area contributed by atoms with Crippen LogP contribution in [-0.2, 0) is 19.2 Å². The van der Waals surface area contributed by atoms with Gasteiger partial charge in [0.15, 0.2) is 0 Å². The van der Waals surface area contributed by atoms with E-state index in [9.17, 15) is 37.6 Å². The second kappa shape index (κ2) is 11.4. The number of anilines is 2. The fraction of sp³-hybridized carbons (Fsp3) is 0.292. The highest BCUT2D eigenvalue weighted by Crippen LogP contribution is 2.25. The lowest BCUT2D eigenvalue weighted by atomic mass is 10.1. The van der Waals surface area contributed by atoms with Crippen LogP contribution in [0.3, 0.4) is 0 Å². The van der Waals surface area contributed by atoms with E-state index in [2.05, 4.69) is 10.6 Å². The van der Waals surface area contributed by atoms with Gasteiger partial charge in [0.05, 0.1) is 12.0 Å². The summed E-state index contributed by atoms with van der Waals surface area (Å²) >= 11 is 0. The highest BCUT2D eigenvalue weighted by molar-refractivity contribution is 6.39. The molecule has 1 aliphatic heterocycles. The topological polar surface area (TPSA) is 123 Å². The highest BCUT2D eigenvalue weighted by atomic mass is 19.4. The van der Waals surface area contributed by atoms with Gasteiger partial charge in [0.25, 0.3) is 0 Å². The number of likely N-dealkylation sites (tertiary alicyclic amines) is 1. The summed E-state index contributed by atoms with van der Waals surface area (Å²) in [6, 6.07) is 16.9. The number of nitrogens with one attached hydrogen (secondary N) is 2. The Morgan fingerprint density at radius 1 is 0.972 bits per heavy atom. The zero-order valence-electron chi connectivity index (χ0n) is 18.9. The van der Waals surface area contributed by atoms with Crippen molar-refractivity contribution < 1.29 is 32.3 Å². The Hall–Kier alpha value is -4.40. The van der Waals surface area contributed by atoms with Crippen molar-refractivity contribution in [3.8, 4) is 6.07 Å². The molecule has 1 heterocycles. The van der Waals surface area contributed by atoms with Crippen molar-refractivity contribution in [3.63, 3.8) is 0 Å². The molecule has 0 aliphatic carbocycles. The molecule has 12 heteroatoms. The molecule has 2 aromatic rings. The first-order chi connectivity index (χ1) is 17.1. The van der Waals surface area contributed by atoms with Crippen molar-refractivity contribution in [2.45, 2.75) is 18.6 Å². The molecular weight excluding hydrogens is 479 g/mol. The van der Waals surface area contributed by atoms with E-state index in [0.29, 0.717) is 5.69 Å². The minimum atomic E-state index is -4.89. The number of hydrogen-bond donors (Lipinski definition) is 2. The Morgan fingerprint density at radius 3 is 2.06 bits per heavy atom. The number of carbonyl (C=O) groups is 4. The van der Waals surface area contributed by atoms with Crippen LogP contribution in [0.4, 0.5) is 24.5 Å². The van der Waals surface area contributed by atoms with E-state index >= 15 is 0 Å². The number of para-hydroxylation sites is 2. The maximum Gasteiger partial charge on any atom is 0.406 e. The summed E-state index contributed by atoms with van der Waals surface area (Å²) in [7, 11) is 0. The number of nitrogens with zero attached hydrogens (tertiary/aromatic N) is 3. The van der Waals surface area contributed by atoms with Gasteiger partial charge in [-0.3, -0.25) is 19.2 Å². The summed E-state index contributed by atoms with van der Waals surface area (Å²) in [6.07, 6.45) is -4.91. The Bertz CT molecular complexity index is 1150. The third kappa shape index (κ3) is 7.05. The lowest BCUT2D eigenvalue weighted by Crippen LogP contribution is -2.50. The first-order valence-corrected chi connectivity index (χ1v) is 10.8. The first-order valence-electron chi connectivity index (χ1n) is 10.8. The third-order valence-corrected chi connectivity index (χ3v) is 5.39. The minimum absolute atomic E-state index is 0.0252. The average Bonchev–Trinajstić information content (AvgIpc) is 3.28. The van der Waals surface area contributed by atoms with Gasteiger partial charge >= 0.3 is 18.0 Å². The van der Waals surface area contributed by atoms with Gasteiger partial charge in [-0.05, 0) is 30.7 Å². The fourth-order valence-corrected chi connectivity index (χ4v) is 3.71. The number of alkyl halides is 3. The molecule has 2 aromatic carbocycles. The summed E-state index contributed by atoms with van der Waals surface area (Å²) in [4.78, 5) is 51.3. The van der Waals surface area contributed by atoms with Crippen LogP contribution in [0, 0.1) is 17.2 Å². The largest absolute Gasteiger partial charge is 0.406 e. The summed E-state index contributed by atoms with van der Waals surface area (Å²) in [5, 5.41) is 14.3. The molecule has 4 amide bonds. The third-order valence-electron chi connectivity index (χ3n) is 5.39. The first kappa shape index (κ1) is 26.2. The van der Waals surface area contributed by atoms with Crippen molar-refractivity contribution in [3.05, 3.63) is 60.7 Å². The maximum absolute atomic E-state index is 13.1. The molecule has 3 rings (SSSR count). The molecule has 0 spiro atoms. The monoisotopic (exact) mass is 501 g/mol. The fourth-order valence-electron chi connectivity index (χ4n) is 3.71. The van der Waals surface area contributed by atoms with Crippen molar-refractivity contribution in [1.29, 1.82) is 5.26 Å². The Kier molecular flexibility index (Phi) is 8.26. The van der Waals surface area contributed by atoms with Crippen LogP contribution in [0.2, 0.25) is 0 Å². The number of rotatable bonds is 6. The minimum Gasteiger partial charge on any atom is -0.326 e. The van der Waals surface area contributed by atoms with Crippen molar-refractivity contribution >= 4 is 35.0 Å². The highest BCUT2D eigenvalue weighted by Gasteiger charge is 2.42. The normalized spacial score (nSPS) is 17.1. The van der Waals surface area contributed by atoms with E-state index in [4.69, 9.17) is 0 Å². The van der Waals surface area contributed by atoms with E-state index in [-0.39, 0.29) is 23.6 Å². The van der Waals surface area contributed by atoms with Gasteiger partial charge in [0, 0.05) is 17.9 Å². The second-order valence-corrected chi connectivity index (χ2v) is 8.08. The summed E-state index contributed by atoms with van der Waals surface area (Å²) < 4.78 is 39.4. The Labute approximate surface area is 204 Å². The molecule has 2 N–H and O–H groups in total. The van der Waals surface area contributed by atoms with E-state index in [0.717, 1.165) is 4.90 Å². The van der Waals surface area contributed by atoms with Crippen LogP contribution in [0.5, 0.6) is 0 Å². The van der Waals surface area contributed by atoms with E-state index < -0.39 is 54.9 Å². The van der Waals surface area contributed by atoms with Gasteiger partial charge in [0.1, 0.15) is 19.1 Å². The molecule has 0 radical (unpaired) electrons. The predicted octanol–water partition coefficient (Wildman–Crippen LogP) is 2.40. The summed E-state index contributed by atoms with van der Waals surface area (Å²) in [6.45, 7) is -3.16. The molecule has 0 saturated carbocycles. The SMILES string of the molecule is N#CC1CC(C(=O)Nc2ccccc2)CN1C(=O)CN(CC(F)(F)F)C(=O)C(=O)Nc1ccccc1. The number of benzene rings is 2. The van der Waals surface area contributed by atoms with Gasteiger partial charge < -0.3 is 20.4 Å². The average molecular weight is 501 g/mol. The Balaban J connectivity index is 1.69. The molecule has 1 fully saturated rings. The molecule has 1 saturated heterocycles. The van der Waals surface area contributed by atoms with E-state index in [1.54, 1.807) is 48.5 Å².